The molecular formula is C15H16ClN3O2. The summed E-state index contributed by atoms with van der Waals surface area (Å²) in [6.07, 6.45) is 1.61. The van der Waals surface area contributed by atoms with Gasteiger partial charge in [0.05, 0.1) is 31.2 Å². The number of anilines is 1. The van der Waals surface area contributed by atoms with Crippen LogP contribution in [0.3, 0.4) is 0 Å². The molecule has 1 saturated heterocycles. The zero-order valence-corrected chi connectivity index (χ0v) is 12.4. The van der Waals surface area contributed by atoms with Crippen LogP contribution in [0.5, 0.6) is 5.75 Å². The number of nitrogen functional groups attached to an aromatic ring is 1. The van der Waals surface area contributed by atoms with Crippen LogP contribution >= 0.6 is 11.6 Å². The van der Waals surface area contributed by atoms with Gasteiger partial charge >= 0.3 is 0 Å². The Hall–Kier alpha value is -1.85. The van der Waals surface area contributed by atoms with E-state index < -0.39 is 0 Å². The maximum Gasteiger partial charge on any atom is 0.222 e. The lowest BCUT2D eigenvalue weighted by Crippen LogP contribution is -2.44. The maximum absolute atomic E-state index is 6.05. The number of ether oxygens (including phenoxy) is 2. The van der Waals surface area contributed by atoms with Crippen molar-refractivity contribution in [2.24, 2.45) is 5.41 Å². The molecule has 110 valence electrons. The van der Waals surface area contributed by atoms with Gasteiger partial charge < -0.3 is 15.2 Å². The average Bonchev–Trinajstić information content (AvgIpc) is 2.44. The van der Waals surface area contributed by atoms with E-state index >= 15 is 0 Å². The molecule has 0 spiro atoms. The van der Waals surface area contributed by atoms with Crippen molar-refractivity contribution < 1.29 is 9.47 Å². The fourth-order valence-corrected chi connectivity index (χ4v) is 2.27. The van der Waals surface area contributed by atoms with Crippen LogP contribution in [0, 0.1) is 5.41 Å². The lowest BCUT2D eigenvalue weighted by molar-refractivity contribution is -0.120. The minimum Gasteiger partial charge on any atom is -0.491 e. The van der Waals surface area contributed by atoms with E-state index in [1.54, 1.807) is 12.3 Å². The molecular weight excluding hydrogens is 290 g/mol. The summed E-state index contributed by atoms with van der Waals surface area (Å²) in [6, 6.07) is 7.37. The highest BCUT2D eigenvalue weighted by Crippen LogP contribution is 2.31. The zero-order chi connectivity index (χ0) is 14.9. The Labute approximate surface area is 128 Å². The van der Waals surface area contributed by atoms with Gasteiger partial charge in [0.25, 0.3) is 0 Å². The Morgan fingerprint density at radius 1 is 1.38 bits per heavy atom. The number of hydrogen-bond acceptors (Lipinski definition) is 5. The molecule has 0 radical (unpaired) electrons. The molecule has 1 aromatic carbocycles. The van der Waals surface area contributed by atoms with Gasteiger partial charge in [-0.05, 0) is 35.9 Å². The van der Waals surface area contributed by atoms with Crippen LogP contribution in [0.2, 0.25) is 5.28 Å². The number of aromatic nitrogens is 2. The highest BCUT2D eigenvalue weighted by Gasteiger charge is 2.34. The summed E-state index contributed by atoms with van der Waals surface area (Å²) in [5, 5.41) is 0.212. The van der Waals surface area contributed by atoms with E-state index in [1.807, 2.05) is 18.2 Å². The van der Waals surface area contributed by atoms with Gasteiger partial charge in [0.2, 0.25) is 5.28 Å². The Kier molecular flexibility index (Phi) is 3.69. The molecule has 21 heavy (non-hydrogen) atoms. The number of nitrogens with zero attached hydrogens (tertiary/aromatic N) is 2. The number of halogens is 1. The first-order valence-electron chi connectivity index (χ1n) is 6.65. The van der Waals surface area contributed by atoms with E-state index in [9.17, 15) is 0 Å². The van der Waals surface area contributed by atoms with Crippen LogP contribution in [-0.4, -0.2) is 29.8 Å². The van der Waals surface area contributed by atoms with Crippen molar-refractivity contribution in [3.8, 4) is 17.0 Å². The molecule has 1 aliphatic heterocycles. The summed E-state index contributed by atoms with van der Waals surface area (Å²) >= 11 is 5.80. The number of benzene rings is 1. The van der Waals surface area contributed by atoms with E-state index in [0.29, 0.717) is 18.0 Å². The third kappa shape index (κ3) is 3.09. The van der Waals surface area contributed by atoms with Gasteiger partial charge in [-0.1, -0.05) is 6.92 Å². The van der Waals surface area contributed by atoms with Gasteiger partial charge in [0, 0.05) is 17.2 Å². The molecule has 0 bridgehead atoms. The summed E-state index contributed by atoms with van der Waals surface area (Å²) in [5.41, 5.74) is 8.32. The number of hydrogen-bond donors (Lipinski definition) is 1. The molecule has 0 aliphatic carbocycles. The van der Waals surface area contributed by atoms with Gasteiger partial charge in [0.1, 0.15) is 5.75 Å². The number of rotatable bonds is 4. The minimum atomic E-state index is 0.0886. The first kappa shape index (κ1) is 14.1. The second-order valence-electron chi connectivity index (χ2n) is 5.56. The standard InChI is InChI=1S/C15H16ClN3O2/c1-15(7-20-8-15)9-21-13-3-2-10(6-11(13)17)12-4-5-18-14(16)19-12/h2-6H,7-9,17H2,1H3. The minimum absolute atomic E-state index is 0.0886. The second kappa shape index (κ2) is 5.50. The van der Waals surface area contributed by atoms with E-state index in [0.717, 1.165) is 24.5 Å². The molecule has 0 amide bonds. The van der Waals surface area contributed by atoms with Crippen LogP contribution < -0.4 is 10.5 Å². The highest BCUT2D eigenvalue weighted by molar-refractivity contribution is 6.28. The van der Waals surface area contributed by atoms with Gasteiger partial charge in [-0.3, -0.25) is 0 Å². The smallest absolute Gasteiger partial charge is 0.222 e. The van der Waals surface area contributed by atoms with Crippen LogP contribution in [-0.2, 0) is 4.74 Å². The molecule has 6 heteroatoms. The molecule has 2 heterocycles. The quantitative estimate of drug-likeness (QED) is 0.695. The summed E-state index contributed by atoms with van der Waals surface area (Å²) in [5.74, 6) is 0.673. The SMILES string of the molecule is CC1(COc2ccc(-c3ccnc(Cl)n3)cc2N)COC1. The highest BCUT2D eigenvalue weighted by atomic mass is 35.5. The molecule has 5 nitrogen and oxygen atoms in total. The molecule has 0 unspecified atom stereocenters. The van der Waals surface area contributed by atoms with E-state index in [1.165, 1.54) is 0 Å². The monoisotopic (exact) mass is 305 g/mol. The Bertz CT molecular complexity index is 659. The molecule has 2 N–H and O–H groups in total. The third-order valence-corrected chi connectivity index (χ3v) is 3.59. The molecule has 0 saturated carbocycles. The van der Waals surface area contributed by atoms with Crippen LogP contribution in [0.1, 0.15) is 6.92 Å². The Morgan fingerprint density at radius 2 is 2.19 bits per heavy atom. The fraction of sp³-hybridized carbons (Fsp3) is 0.333. The second-order valence-corrected chi connectivity index (χ2v) is 5.89. The predicted octanol–water partition coefficient (Wildman–Crippen LogP) is 2.79. The summed E-state index contributed by atoms with van der Waals surface area (Å²) in [7, 11) is 0. The van der Waals surface area contributed by atoms with Crippen LogP contribution in [0.15, 0.2) is 30.5 Å². The fourth-order valence-electron chi connectivity index (χ4n) is 2.12. The van der Waals surface area contributed by atoms with E-state index in [-0.39, 0.29) is 10.7 Å². The summed E-state index contributed by atoms with van der Waals surface area (Å²) in [4.78, 5) is 8.03. The van der Waals surface area contributed by atoms with Crippen molar-refractivity contribution in [1.29, 1.82) is 0 Å². The number of nitrogens with two attached hydrogens (primary N) is 1. The van der Waals surface area contributed by atoms with Gasteiger partial charge in [0.15, 0.2) is 0 Å². The van der Waals surface area contributed by atoms with Gasteiger partial charge in [-0.15, -0.1) is 0 Å². The maximum atomic E-state index is 6.05. The van der Waals surface area contributed by atoms with Crippen molar-refractivity contribution >= 4 is 17.3 Å². The molecule has 0 atom stereocenters. The molecule has 1 aromatic heterocycles. The van der Waals surface area contributed by atoms with Gasteiger partial charge in [-0.2, -0.15) is 0 Å². The lowest BCUT2D eigenvalue weighted by Gasteiger charge is -2.37. The third-order valence-electron chi connectivity index (χ3n) is 3.41. The molecule has 3 rings (SSSR count). The molecule has 1 fully saturated rings. The van der Waals surface area contributed by atoms with E-state index in [2.05, 4.69) is 16.9 Å². The largest absolute Gasteiger partial charge is 0.491 e. The predicted molar refractivity (Wildman–Crippen MR) is 81.3 cm³/mol. The first-order valence-corrected chi connectivity index (χ1v) is 7.03. The first-order chi connectivity index (χ1) is 10.1. The van der Waals surface area contributed by atoms with Crippen molar-refractivity contribution in [1.82, 2.24) is 9.97 Å². The molecule has 2 aromatic rings. The molecule has 1 aliphatic rings. The summed E-state index contributed by atoms with van der Waals surface area (Å²) in [6.45, 7) is 4.18. The summed E-state index contributed by atoms with van der Waals surface area (Å²) < 4.78 is 11.0. The van der Waals surface area contributed by atoms with Crippen LogP contribution in [0.25, 0.3) is 11.3 Å². The lowest BCUT2D eigenvalue weighted by atomic mass is 9.90. The van der Waals surface area contributed by atoms with E-state index in [4.69, 9.17) is 26.8 Å². The Balaban J connectivity index is 1.76. The van der Waals surface area contributed by atoms with Crippen molar-refractivity contribution in [2.45, 2.75) is 6.92 Å². The Morgan fingerprint density at radius 3 is 2.81 bits per heavy atom. The average molecular weight is 306 g/mol. The van der Waals surface area contributed by atoms with Crippen LogP contribution in [0.4, 0.5) is 5.69 Å². The topological polar surface area (TPSA) is 70.3 Å². The van der Waals surface area contributed by atoms with Crippen molar-refractivity contribution in [2.75, 3.05) is 25.6 Å². The zero-order valence-electron chi connectivity index (χ0n) is 11.7. The van der Waals surface area contributed by atoms with Crippen molar-refractivity contribution in [3.05, 3.63) is 35.7 Å². The van der Waals surface area contributed by atoms with Crippen molar-refractivity contribution in [3.63, 3.8) is 0 Å². The normalized spacial score (nSPS) is 16.3. The van der Waals surface area contributed by atoms with Gasteiger partial charge in [-0.25, -0.2) is 9.97 Å².